The van der Waals surface area contributed by atoms with E-state index in [0.717, 1.165) is 37.4 Å². The lowest BCUT2D eigenvalue weighted by Gasteiger charge is -2.57. The first kappa shape index (κ1) is 25.4. The van der Waals surface area contributed by atoms with E-state index < -0.39 is 10.0 Å². The second kappa shape index (κ2) is 10.1. The third kappa shape index (κ3) is 5.12. The molecular weight excluding hydrogens is 446 g/mol. The third-order valence-electron chi connectivity index (χ3n) is 8.45. The number of fused-ring (bicyclic) bond motifs is 1. The molecule has 3 aliphatic carbocycles. The van der Waals surface area contributed by atoms with Crippen LogP contribution in [0.3, 0.4) is 0 Å². The standard InChI is InChI=1S/C27H41N3O3S/c1-5-6-26(31)29(20-22-9-10-23-19-25(22)27(23,3)4)16-13-28-14-17-30(18-15-28)34(32,33)24-11-7-21(2)8-12-24/h7-9,11-12,23,25H,5-6,10,13-20H2,1-4H3. The number of nitrogens with zero attached hydrogens (tertiary/aromatic N) is 3. The summed E-state index contributed by atoms with van der Waals surface area (Å²) in [4.78, 5) is 17.6. The van der Waals surface area contributed by atoms with E-state index in [4.69, 9.17) is 0 Å². The van der Waals surface area contributed by atoms with Gasteiger partial charge in [-0.2, -0.15) is 4.31 Å². The zero-order chi connectivity index (χ0) is 24.5. The van der Waals surface area contributed by atoms with Crippen LogP contribution < -0.4 is 0 Å². The highest BCUT2D eigenvalue weighted by Gasteiger charge is 2.51. The number of rotatable bonds is 9. The van der Waals surface area contributed by atoms with Gasteiger partial charge in [-0.1, -0.05) is 50.1 Å². The highest BCUT2D eigenvalue weighted by molar-refractivity contribution is 7.89. The van der Waals surface area contributed by atoms with Gasteiger partial charge >= 0.3 is 0 Å². The van der Waals surface area contributed by atoms with Gasteiger partial charge in [-0.15, -0.1) is 0 Å². The average molecular weight is 488 g/mol. The molecule has 34 heavy (non-hydrogen) atoms. The predicted molar refractivity (Wildman–Crippen MR) is 136 cm³/mol. The summed E-state index contributed by atoms with van der Waals surface area (Å²) in [5.41, 5.74) is 2.87. The molecule has 4 aliphatic rings. The summed E-state index contributed by atoms with van der Waals surface area (Å²) in [5.74, 6) is 1.65. The van der Waals surface area contributed by atoms with Crippen molar-refractivity contribution < 1.29 is 13.2 Å². The van der Waals surface area contributed by atoms with Gasteiger partial charge in [0.15, 0.2) is 0 Å². The van der Waals surface area contributed by atoms with E-state index in [1.165, 1.54) is 12.0 Å². The molecule has 2 atom stereocenters. The van der Waals surface area contributed by atoms with Crippen molar-refractivity contribution in [1.82, 2.24) is 14.1 Å². The lowest BCUT2D eigenvalue weighted by Crippen LogP contribution is -2.52. The van der Waals surface area contributed by atoms with Gasteiger partial charge in [0.05, 0.1) is 4.90 Å². The number of piperazine rings is 1. The largest absolute Gasteiger partial charge is 0.337 e. The van der Waals surface area contributed by atoms with E-state index in [2.05, 4.69) is 36.6 Å². The van der Waals surface area contributed by atoms with Gasteiger partial charge in [0.25, 0.3) is 0 Å². The SMILES string of the molecule is CCCC(=O)N(CCN1CCN(S(=O)(=O)c2ccc(C)cc2)CC1)CC1=CCC2CC1C2(C)C. The number of allylic oxidation sites excluding steroid dienone is 1. The maximum absolute atomic E-state index is 13.0. The second-order valence-electron chi connectivity index (χ2n) is 10.9. The maximum Gasteiger partial charge on any atom is 0.243 e. The smallest absolute Gasteiger partial charge is 0.243 e. The van der Waals surface area contributed by atoms with Crippen LogP contribution in [-0.2, 0) is 14.8 Å². The molecule has 6 nitrogen and oxygen atoms in total. The molecule has 2 unspecified atom stereocenters. The zero-order valence-corrected chi connectivity index (χ0v) is 22.1. The lowest BCUT2D eigenvalue weighted by molar-refractivity contribution is -0.131. The van der Waals surface area contributed by atoms with E-state index in [1.54, 1.807) is 16.4 Å². The van der Waals surface area contributed by atoms with Crippen molar-refractivity contribution in [3.8, 4) is 0 Å². The Morgan fingerprint density at radius 2 is 1.79 bits per heavy atom. The van der Waals surface area contributed by atoms with Crippen LogP contribution >= 0.6 is 0 Å². The zero-order valence-electron chi connectivity index (χ0n) is 21.3. The van der Waals surface area contributed by atoms with Crippen molar-refractivity contribution in [1.29, 1.82) is 0 Å². The molecule has 1 aliphatic heterocycles. The summed E-state index contributed by atoms with van der Waals surface area (Å²) < 4.78 is 27.6. The summed E-state index contributed by atoms with van der Waals surface area (Å²) in [6.07, 6.45) is 6.26. The van der Waals surface area contributed by atoms with Crippen molar-refractivity contribution in [3.63, 3.8) is 0 Å². The highest BCUT2D eigenvalue weighted by Crippen LogP contribution is 2.59. The Bertz CT molecular complexity index is 1010. The Kier molecular flexibility index (Phi) is 7.56. The number of carbonyl (C=O) groups excluding carboxylic acids is 1. The van der Waals surface area contributed by atoms with Gasteiger partial charge in [-0.25, -0.2) is 8.42 Å². The fourth-order valence-electron chi connectivity index (χ4n) is 5.86. The Balaban J connectivity index is 1.32. The van der Waals surface area contributed by atoms with Crippen LogP contribution in [0, 0.1) is 24.2 Å². The van der Waals surface area contributed by atoms with E-state index >= 15 is 0 Å². The minimum Gasteiger partial charge on any atom is -0.337 e. The van der Waals surface area contributed by atoms with E-state index in [9.17, 15) is 13.2 Å². The number of amides is 1. The number of carbonyl (C=O) groups is 1. The number of sulfonamides is 1. The fourth-order valence-corrected chi connectivity index (χ4v) is 7.28. The first-order valence-electron chi connectivity index (χ1n) is 12.9. The maximum atomic E-state index is 13.0. The monoisotopic (exact) mass is 487 g/mol. The van der Waals surface area contributed by atoms with Crippen molar-refractivity contribution in [3.05, 3.63) is 41.5 Å². The molecule has 0 aromatic heterocycles. The number of benzene rings is 1. The summed E-state index contributed by atoms with van der Waals surface area (Å²) in [6.45, 7) is 13.4. The molecular formula is C27H41N3O3S. The molecule has 0 radical (unpaired) electrons. The molecule has 1 saturated carbocycles. The van der Waals surface area contributed by atoms with Gasteiger partial charge in [-0.05, 0) is 55.6 Å². The van der Waals surface area contributed by atoms with E-state index in [1.807, 2.05) is 19.1 Å². The van der Waals surface area contributed by atoms with Gasteiger partial charge < -0.3 is 4.90 Å². The molecule has 1 amide bonds. The van der Waals surface area contributed by atoms with Crippen molar-refractivity contribution >= 4 is 15.9 Å². The highest BCUT2D eigenvalue weighted by atomic mass is 32.2. The molecule has 1 aromatic rings. The molecule has 2 fully saturated rings. The minimum absolute atomic E-state index is 0.239. The second-order valence-corrected chi connectivity index (χ2v) is 12.9. The Hall–Kier alpha value is -1.70. The van der Waals surface area contributed by atoms with Crippen LogP contribution in [0.5, 0.6) is 0 Å². The first-order chi connectivity index (χ1) is 16.1. The molecule has 0 N–H and O–H groups in total. The molecule has 5 rings (SSSR count). The van der Waals surface area contributed by atoms with Gasteiger partial charge in [0.1, 0.15) is 0 Å². The van der Waals surface area contributed by atoms with E-state index in [-0.39, 0.29) is 5.91 Å². The van der Waals surface area contributed by atoms with Crippen molar-refractivity contribution in [2.45, 2.75) is 58.3 Å². The molecule has 0 spiro atoms. The number of aryl methyl sites for hydroxylation is 1. The molecule has 2 bridgehead atoms. The number of hydrogen-bond donors (Lipinski definition) is 0. The van der Waals surface area contributed by atoms with Crippen molar-refractivity contribution in [2.24, 2.45) is 17.3 Å². The van der Waals surface area contributed by atoms with Crippen molar-refractivity contribution in [2.75, 3.05) is 45.8 Å². The van der Waals surface area contributed by atoms with Crippen LogP contribution in [0.15, 0.2) is 40.8 Å². The Morgan fingerprint density at radius 3 is 2.38 bits per heavy atom. The molecule has 1 aromatic carbocycles. The average Bonchev–Trinajstić information content (AvgIpc) is 2.82. The number of hydrogen-bond acceptors (Lipinski definition) is 4. The Labute approximate surface area is 206 Å². The molecule has 188 valence electrons. The van der Waals surface area contributed by atoms with Gasteiger partial charge in [-0.3, -0.25) is 9.69 Å². The summed E-state index contributed by atoms with van der Waals surface area (Å²) >= 11 is 0. The van der Waals surface area contributed by atoms with Crippen LogP contribution in [-0.4, -0.2) is 74.2 Å². The summed E-state index contributed by atoms with van der Waals surface area (Å²) in [6, 6.07) is 7.08. The van der Waals surface area contributed by atoms with Crippen LogP contribution in [0.2, 0.25) is 0 Å². The topological polar surface area (TPSA) is 60.9 Å². The molecule has 1 heterocycles. The van der Waals surface area contributed by atoms with Gasteiger partial charge in [0.2, 0.25) is 15.9 Å². The molecule has 7 heteroatoms. The lowest BCUT2D eigenvalue weighted by atomic mass is 9.49. The van der Waals surface area contributed by atoms with Crippen LogP contribution in [0.4, 0.5) is 0 Å². The quantitative estimate of drug-likeness (QED) is 0.496. The predicted octanol–water partition coefficient (Wildman–Crippen LogP) is 3.92. The van der Waals surface area contributed by atoms with Gasteiger partial charge in [0, 0.05) is 52.2 Å². The summed E-state index contributed by atoms with van der Waals surface area (Å²) in [5, 5.41) is 0. The normalized spacial score (nSPS) is 24.9. The van der Waals surface area contributed by atoms with Crippen LogP contribution in [0.25, 0.3) is 0 Å². The van der Waals surface area contributed by atoms with E-state index in [0.29, 0.717) is 55.4 Å². The summed E-state index contributed by atoms with van der Waals surface area (Å²) in [7, 11) is -3.45. The van der Waals surface area contributed by atoms with Crippen LogP contribution in [0.1, 0.15) is 52.0 Å². The molecule has 1 saturated heterocycles. The minimum atomic E-state index is -3.45. The fraction of sp³-hybridized carbons (Fsp3) is 0.667. The third-order valence-corrected chi connectivity index (χ3v) is 10.4. The first-order valence-corrected chi connectivity index (χ1v) is 14.3. The Morgan fingerprint density at radius 1 is 1.12 bits per heavy atom.